The Morgan fingerprint density at radius 2 is 2.05 bits per heavy atom. The Morgan fingerprint density at radius 1 is 1.37 bits per heavy atom. The molecule has 0 saturated heterocycles. The molecular formula is C13H19NO4S. The van der Waals surface area contributed by atoms with Crippen LogP contribution in [0.5, 0.6) is 0 Å². The van der Waals surface area contributed by atoms with Crippen LogP contribution in [0.15, 0.2) is 0 Å². The molecule has 5 nitrogen and oxygen atoms in total. The van der Waals surface area contributed by atoms with Crippen molar-refractivity contribution in [1.29, 1.82) is 0 Å². The van der Waals surface area contributed by atoms with E-state index in [9.17, 15) is 9.59 Å². The first-order chi connectivity index (χ1) is 9.01. The number of aliphatic hydroxyl groups excluding tert-OH is 1. The minimum absolute atomic E-state index is 0.0271. The molecule has 0 aliphatic rings. The maximum absolute atomic E-state index is 11.9. The van der Waals surface area contributed by atoms with Crippen LogP contribution in [0.25, 0.3) is 0 Å². The van der Waals surface area contributed by atoms with Gasteiger partial charge in [0.1, 0.15) is 5.00 Å². The van der Waals surface area contributed by atoms with Crippen molar-refractivity contribution in [1.82, 2.24) is 0 Å². The maximum Gasteiger partial charge on any atom is 0.341 e. The summed E-state index contributed by atoms with van der Waals surface area (Å²) in [6.45, 7) is 5.74. The summed E-state index contributed by atoms with van der Waals surface area (Å²) in [6, 6.07) is 0. The third-order valence-electron chi connectivity index (χ3n) is 2.68. The first kappa shape index (κ1) is 15.7. The van der Waals surface area contributed by atoms with Crippen molar-refractivity contribution in [2.75, 3.05) is 18.5 Å². The number of ether oxygens (including phenoxy) is 1. The predicted octanol–water partition coefficient (Wildman–Crippen LogP) is 2.25. The number of esters is 1. The van der Waals surface area contributed by atoms with Crippen molar-refractivity contribution < 1.29 is 19.4 Å². The molecule has 0 bridgehead atoms. The van der Waals surface area contributed by atoms with Gasteiger partial charge in [-0.1, -0.05) is 0 Å². The SMILES string of the molecule is CCOC(=O)c1c(NC(=O)CCCO)sc(C)c1C. The van der Waals surface area contributed by atoms with Crippen LogP contribution >= 0.6 is 11.3 Å². The molecule has 1 rings (SSSR count). The number of anilines is 1. The Morgan fingerprint density at radius 3 is 2.63 bits per heavy atom. The van der Waals surface area contributed by atoms with Gasteiger partial charge in [-0.05, 0) is 32.8 Å². The van der Waals surface area contributed by atoms with Crippen LogP contribution in [-0.2, 0) is 9.53 Å². The second-order valence-electron chi connectivity index (χ2n) is 4.08. The Hall–Kier alpha value is -1.40. The molecule has 1 aromatic rings. The highest BCUT2D eigenvalue weighted by molar-refractivity contribution is 7.16. The van der Waals surface area contributed by atoms with Crippen LogP contribution < -0.4 is 5.32 Å². The fourth-order valence-corrected chi connectivity index (χ4v) is 2.66. The zero-order valence-electron chi connectivity index (χ0n) is 11.4. The lowest BCUT2D eigenvalue weighted by Crippen LogP contribution is -2.14. The minimum Gasteiger partial charge on any atom is -0.462 e. The van der Waals surface area contributed by atoms with Crippen molar-refractivity contribution in [2.24, 2.45) is 0 Å². The third-order valence-corrected chi connectivity index (χ3v) is 3.80. The van der Waals surface area contributed by atoms with E-state index in [1.807, 2.05) is 13.8 Å². The average Bonchev–Trinajstić information content (AvgIpc) is 2.62. The quantitative estimate of drug-likeness (QED) is 0.786. The van der Waals surface area contributed by atoms with Crippen LogP contribution in [0.3, 0.4) is 0 Å². The van der Waals surface area contributed by atoms with Crippen LogP contribution in [0, 0.1) is 13.8 Å². The summed E-state index contributed by atoms with van der Waals surface area (Å²) < 4.78 is 5.00. The number of carbonyl (C=O) groups excluding carboxylic acids is 2. The number of nitrogens with one attached hydrogen (secondary N) is 1. The molecule has 0 aliphatic carbocycles. The van der Waals surface area contributed by atoms with E-state index in [1.54, 1.807) is 6.92 Å². The molecule has 0 fully saturated rings. The molecule has 0 unspecified atom stereocenters. The monoisotopic (exact) mass is 285 g/mol. The fourth-order valence-electron chi connectivity index (χ4n) is 1.59. The van der Waals surface area contributed by atoms with Crippen molar-refractivity contribution in [3.8, 4) is 0 Å². The van der Waals surface area contributed by atoms with E-state index in [0.29, 0.717) is 23.6 Å². The van der Waals surface area contributed by atoms with E-state index >= 15 is 0 Å². The Bertz CT molecular complexity index is 467. The first-order valence-corrected chi connectivity index (χ1v) is 7.00. The molecule has 0 aliphatic heterocycles. The molecule has 106 valence electrons. The van der Waals surface area contributed by atoms with Crippen molar-refractivity contribution in [3.63, 3.8) is 0 Å². The van der Waals surface area contributed by atoms with Crippen molar-refractivity contribution in [2.45, 2.75) is 33.6 Å². The number of rotatable bonds is 6. The predicted molar refractivity (Wildman–Crippen MR) is 74.7 cm³/mol. The fraction of sp³-hybridized carbons (Fsp3) is 0.538. The highest BCUT2D eigenvalue weighted by Gasteiger charge is 2.21. The lowest BCUT2D eigenvalue weighted by Gasteiger charge is -2.06. The molecule has 1 aromatic heterocycles. The molecule has 0 saturated carbocycles. The van der Waals surface area contributed by atoms with Gasteiger partial charge < -0.3 is 15.2 Å². The normalized spacial score (nSPS) is 10.3. The van der Waals surface area contributed by atoms with Crippen LogP contribution in [-0.4, -0.2) is 30.2 Å². The van der Waals surface area contributed by atoms with Gasteiger partial charge in [0.25, 0.3) is 0 Å². The second-order valence-corrected chi connectivity index (χ2v) is 5.31. The Labute approximate surface area is 116 Å². The van der Waals surface area contributed by atoms with E-state index in [0.717, 1.165) is 10.4 Å². The van der Waals surface area contributed by atoms with Gasteiger partial charge in [0.15, 0.2) is 0 Å². The molecule has 6 heteroatoms. The van der Waals surface area contributed by atoms with Gasteiger partial charge in [-0.3, -0.25) is 4.79 Å². The van der Waals surface area contributed by atoms with Crippen molar-refractivity contribution >= 4 is 28.2 Å². The van der Waals surface area contributed by atoms with Gasteiger partial charge in [-0.2, -0.15) is 0 Å². The standard InChI is InChI=1S/C13H19NO4S/c1-4-18-13(17)11-8(2)9(3)19-12(11)14-10(16)6-5-7-15/h15H,4-7H2,1-3H3,(H,14,16). The number of thiophene rings is 1. The summed E-state index contributed by atoms with van der Waals surface area (Å²) in [7, 11) is 0. The minimum atomic E-state index is -0.415. The molecule has 19 heavy (non-hydrogen) atoms. The van der Waals surface area contributed by atoms with Crippen LogP contribution in [0.4, 0.5) is 5.00 Å². The summed E-state index contributed by atoms with van der Waals surface area (Å²) in [4.78, 5) is 24.5. The van der Waals surface area contributed by atoms with Gasteiger partial charge in [0, 0.05) is 17.9 Å². The molecular weight excluding hydrogens is 266 g/mol. The van der Waals surface area contributed by atoms with Crippen LogP contribution in [0.1, 0.15) is 40.6 Å². The second kappa shape index (κ2) is 7.25. The van der Waals surface area contributed by atoms with E-state index < -0.39 is 5.97 Å². The zero-order chi connectivity index (χ0) is 14.4. The van der Waals surface area contributed by atoms with E-state index in [1.165, 1.54) is 11.3 Å². The van der Waals surface area contributed by atoms with Crippen LogP contribution in [0.2, 0.25) is 0 Å². The number of hydrogen-bond donors (Lipinski definition) is 2. The number of carbonyl (C=O) groups is 2. The summed E-state index contributed by atoms with van der Waals surface area (Å²) >= 11 is 1.36. The van der Waals surface area contributed by atoms with Crippen molar-refractivity contribution in [3.05, 3.63) is 16.0 Å². The molecule has 0 atom stereocenters. The smallest absolute Gasteiger partial charge is 0.341 e. The molecule has 1 amide bonds. The van der Waals surface area contributed by atoms with Gasteiger partial charge in [0.05, 0.1) is 12.2 Å². The first-order valence-electron chi connectivity index (χ1n) is 6.19. The summed E-state index contributed by atoms with van der Waals surface area (Å²) in [5.74, 6) is -0.623. The lowest BCUT2D eigenvalue weighted by atomic mass is 10.1. The summed E-state index contributed by atoms with van der Waals surface area (Å²) in [5.41, 5.74) is 1.27. The Kier molecular flexibility index (Phi) is 5.98. The lowest BCUT2D eigenvalue weighted by molar-refractivity contribution is -0.116. The molecule has 2 N–H and O–H groups in total. The molecule has 0 radical (unpaired) electrons. The van der Waals surface area contributed by atoms with Gasteiger partial charge in [-0.25, -0.2) is 4.79 Å². The topological polar surface area (TPSA) is 75.6 Å². The number of aryl methyl sites for hydroxylation is 1. The number of amides is 1. The Balaban J connectivity index is 2.91. The average molecular weight is 285 g/mol. The maximum atomic E-state index is 11.9. The van der Waals surface area contributed by atoms with E-state index in [2.05, 4.69) is 5.32 Å². The molecule has 0 aromatic carbocycles. The molecule has 0 spiro atoms. The third kappa shape index (κ3) is 4.04. The largest absolute Gasteiger partial charge is 0.462 e. The summed E-state index contributed by atoms with van der Waals surface area (Å²) in [6.07, 6.45) is 0.638. The van der Waals surface area contributed by atoms with Gasteiger partial charge in [-0.15, -0.1) is 11.3 Å². The zero-order valence-corrected chi connectivity index (χ0v) is 12.2. The highest BCUT2D eigenvalue weighted by atomic mass is 32.1. The number of hydrogen-bond acceptors (Lipinski definition) is 5. The van der Waals surface area contributed by atoms with E-state index in [4.69, 9.17) is 9.84 Å². The number of aliphatic hydroxyl groups is 1. The van der Waals surface area contributed by atoms with Gasteiger partial charge in [0.2, 0.25) is 5.91 Å². The summed E-state index contributed by atoms with van der Waals surface area (Å²) in [5, 5.41) is 11.9. The van der Waals surface area contributed by atoms with Gasteiger partial charge >= 0.3 is 5.97 Å². The van der Waals surface area contributed by atoms with E-state index in [-0.39, 0.29) is 18.9 Å². The molecule has 1 heterocycles. The highest BCUT2D eigenvalue weighted by Crippen LogP contribution is 2.33.